The lowest BCUT2D eigenvalue weighted by atomic mass is 10.0. The molecule has 0 bridgehead atoms. The van der Waals surface area contributed by atoms with Crippen LogP contribution in [-0.4, -0.2) is 75.3 Å². The fraction of sp³-hybridized carbons (Fsp3) is 0.280. The van der Waals surface area contributed by atoms with Crippen LogP contribution >= 0.6 is 0 Å². The molecular weight excluding hydrogens is 482 g/mol. The molecular formula is C25H29N5O7. The number of fused-ring (bicyclic) bond motifs is 1. The molecule has 3 atom stereocenters. The van der Waals surface area contributed by atoms with E-state index in [2.05, 4.69) is 20.9 Å². The number of hydrogen-bond donors (Lipinski definition) is 8. The second-order valence-corrected chi connectivity index (χ2v) is 8.46. The van der Waals surface area contributed by atoms with Crippen LogP contribution in [0.1, 0.15) is 11.1 Å². The Hall–Kier alpha value is -4.42. The number of aliphatic carboxylic acids is 1. The van der Waals surface area contributed by atoms with Crippen LogP contribution in [0.5, 0.6) is 5.75 Å². The smallest absolute Gasteiger partial charge is 0.322 e. The predicted molar refractivity (Wildman–Crippen MR) is 133 cm³/mol. The fourth-order valence-electron chi connectivity index (χ4n) is 3.73. The number of aromatic hydroxyl groups is 1. The first-order valence-corrected chi connectivity index (χ1v) is 11.5. The van der Waals surface area contributed by atoms with Crippen molar-refractivity contribution in [2.75, 3.05) is 13.2 Å². The van der Waals surface area contributed by atoms with E-state index in [1.54, 1.807) is 18.3 Å². The summed E-state index contributed by atoms with van der Waals surface area (Å²) in [6.07, 6.45) is 1.74. The summed E-state index contributed by atoms with van der Waals surface area (Å²) in [5.41, 5.74) is 7.76. The summed E-state index contributed by atoms with van der Waals surface area (Å²) < 4.78 is 0. The molecule has 37 heavy (non-hydrogen) atoms. The van der Waals surface area contributed by atoms with Gasteiger partial charge in [-0.15, -0.1) is 0 Å². The predicted octanol–water partition coefficient (Wildman–Crippen LogP) is -0.851. The molecule has 196 valence electrons. The number of aliphatic hydroxyl groups is 1. The standard InChI is InChI=1S/C25H29N5O7/c26-18(13-31)23(35)29-21(10-15-11-27-19-4-2-1-3-17(15)19)25(37)30-20(24(36)28-12-22(33)34)9-14-5-7-16(32)8-6-14/h1-8,11,18,20-21,27,31-32H,9-10,12-13,26H2,(H,28,36)(H,29,35)(H,30,37)(H,33,34). The van der Waals surface area contributed by atoms with E-state index in [9.17, 15) is 29.4 Å². The highest BCUT2D eigenvalue weighted by Crippen LogP contribution is 2.19. The van der Waals surface area contributed by atoms with E-state index >= 15 is 0 Å². The highest BCUT2D eigenvalue weighted by atomic mass is 16.4. The number of H-pyrrole nitrogens is 1. The number of amides is 3. The molecule has 3 aromatic rings. The molecule has 0 radical (unpaired) electrons. The number of benzene rings is 2. The largest absolute Gasteiger partial charge is 0.508 e. The quantitative estimate of drug-likeness (QED) is 0.153. The van der Waals surface area contributed by atoms with Crippen molar-refractivity contribution in [3.8, 4) is 5.75 Å². The average molecular weight is 512 g/mol. The summed E-state index contributed by atoms with van der Waals surface area (Å²) in [4.78, 5) is 52.6. The van der Waals surface area contributed by atoms with Gasteiger partial charge >= 0.3 is 5.97 Å². The van der Waals surface area contributed by atoms with E-state index in [4.69, 9.17) is 10.8 Å². The van der Waals surface area contributed by atoms with Gasteiger partial charge in [0.1, 0.15) is 30.4 Å². The minimum absolute atomic E-state index is 0.0125. The van der Waals surface area contributed by atoms with Crippen molar-refractivity contribution >= 4 is 34.6 Å². The van der Waals surface area contributed by atoms with E-state index in [1.165, 1.54) is 12.1 Å². The van der Waals surface area contributed by atoms with Crippen molar-refractivity contribution in [3.05, 3.63) is 65.9 Å². The number of carbonyl (C=O) groups excluding carboxylic acids is 3. The molecule has 0 fully saturated rings. The molecule has 0 aliphatic rings. The van der Waals surface area contributed by atoms with Crippen LogP contribution in [0.3, 0.4) is 0 Å². The Balaban J connectivity index is 1.85. The minimum atomic E-state index is -1.26. The first-order chi connectivity index (χ1) is 17.7. The summed E-state index contributed by atoms with van der Waals surface area (Å²) in [6.45, 7) is -1.28. The third kappa shape index (κ3) is 7.53. The zero-order chi connectivity index (χ0) is 26.9. The Labute approximate surface area is 211 Å². The van der Waals surface area contributed by atoms with Crippen LogP contribution in [0.2, 0.25) is 0 Å². The lowest BCUT2D eigenvalue weighted by molar-refractivity contribution is -0.138. The molecule has 0 saturated carbocycles. The van der Waals surface area contributed by atoms with Crippen molar-refractivity contribution in [1.82, 2.24) is 20.9 Å². The average Bonchev–Trinajstić information content (AvgIpc) is 3.29. The maximum absolute atomic E-state index is 13.4. The summed E-state index contributed by atoms with van der Waals surface area (Å²) in [6, 6.07) is 9.72. The van der Waals surface area contributed by atoms with Crippen LogP contribution in [-0.2, 0) is 32.0 Å². The molecule has 9 N–H and O–H groups in total. The van der Waals surface area contributed by atoms with Gasteiger partial charge in [0.05, 0.1) is 6.61 Å². The monoisotopic (exact) mass is 511 g/mol. The Bertz CT molecular complexity index is 1260. The number of carboxylic acid groups (broad SMARTS) is 1. The second-order valence-electron chi connectivity index (χ2n) is 8.46. The van der Waals surface area contributed by atoms with Crippen LogP contribution in [0, 0.1) is 0 Å². The van der Waals surface area contributed by atoms with E-state index in [0.717, 1.165) is 16.5 Å². The Morgan fingerprint density at radius 1 is 0.892 bits per heavy atom. The third-order valence-electron chi connectivity index (χ3n) is 5.69. The number of phenols is 1. The number of rotatable bonds is 12. The number of aliphatic hydroxyl groups excluding tert-OH is 1. The molecule has 0 spiro atoms. The zero-order valence-electron chi connectivity index (χ0n) is 19.8. The van der Waals surface area contributed by atoms with E-state index < -0.39 is 55.0 Å². The molecule has 3 amide bonds. The first-order valence-electron chi connectivity index (χ1n) is 11.5. The Morgan fingerprint density at radius 3 is 2.22 bits per heavy atom. The van der Waals surface area contributed by atoms with E-state index in [1.807, 2.05) is 24.3 Å². The zero-order valence-corrected chi connectivity index (χ0v) is 19.8. The number of aromatic nitrogens is 1. The summed E-state index contributed by atoms with van der Waals surface area (Å²) >= 11 is 0. The van der Waals surface area contributed by atoms with Gasteiger partial charge < -0.3 is 42.0 Å². The van der Waals surface area contributed by atoms with Crippen molar-refractivity contribution in [2.45, 2.75) is 31.0 Å². The number of hydrogen-bond acceptors (Lipinski definition) is 7. The number of para-hydroxylation sites is 1. The van der Waals surface area contributed by atoms with E-state index in [-0.39, 0.29) is 18.6 Å². The maximum Gasteiger partial charge on any atom is 0.322 e. The topological polar surface area (TPSA) is 207 Å². The molecule has 0 aliphatic carbocycles. The lowest BCUT2D eigenvalue weighted by Gasteiger charge is -2.24. The first kappa shape index (κ1) is 27.2. The third-order valence-corrected chi connectivity index (χ3v) is 5.69. The van der Waals surface area contributed by atoms with Crippen molar-refractivity contribution < 1.29 is 34.5 Å². The highest BCUT2D eigenvalue weighted by molar-refractivity contribution is 5.94. The second kappa shape index (κ2) is 12.5. The number of carbonyl (C=O) groups is 4. The van der Waals surface area contributed by atoms with Crippen LogP contribution in [0.15, 0.2) is 54.7 Å². The molecule has 2 aromatic carbocycles. The lowest BCUT2D eigenvalue weighted by Crippen LogP contribution is -2.57. The van der Waals surface area contributed by atoms with E-state index in [0.29, 0.717) is 5.56 Å². The fourth-order valence-corrected chi connectivity index (χ4v) is 3.73. The summed E-state index contributed by atoms with van der Waals surface area (Å²) in [7, 11) is 0. The van der Waals surface area contributed by atoms with Crippen molar-refractivity contribution in [1.29, 1.82) is 0 Å². The highest BCUT2D eigenvalue weighted by Gasteiger charge is 2.29. The number of carboxylic acids is 1. The van der Waals surface area contributed by atoms with Gasteiger partial charge in [-0.3, -0.25) is 19.2 Å². The molecule has 0 saturated heterocycles. The van der Waals surface area contributed by atoms with Gasteiger partial charge in [0.2, 0.25) is 17.7 Å². The summed E-state index contributed by atoms with van der Waals surface area (Å²) in [5, 5.41) is 35.9. The van der Waals surface area contributed by atoms with Gasteiger partial charge in [-0.05, 0) is 29.3 Å². The number of nitrogens with one attached hydrogen (secondary N) is 4. The molecule has 3 unspecified atom stereocenters. The summed E-state index contributed by atoms with van der Waals surface area (Å²) in [5.74, 6) is -3.45. The van der Waals surface area contributed by atoms with Gasteiger partial charge in [-0.1, -0.05) is 30.3 Å². The molecule has 12 heteroatoms. The molecule has 1 aromatic heterocycles. The number of aromatic amines is 1. The normalized spacial score (nSPS) is 13.4. The SMILES string of the molecule is NC(CO)C(=O)NC(Cc1c[nH]c2ccccc12)C(=O)NC(Cc1ccc(O)cc1)C(=O)NCC(=O)O. The van der Waals surface area contributed by atoms with Crippen LogP contribution < -0.4 is 21.7 Å². The van der Waals surface area contributed by atoms with Gasteiger partial charge in [0, 0.05) is 29.9 Å². The van der Waals surface area contributed by atoms with Crippen molar-refractivity contribution in [3.63, 3.8) is 0 Å². The Morgan fingerprint density at radius 2 is 1.54 bits per heavy atom. The van der Waals surface area contributed by atoms with Gasteiger partial charge in [0.25, 0.3) is 0 Å². The minimum Gasteiger partial charge on any atom is -0.508 e. The molecule has 1 heterocycles. The van der Waals surface area contributed by atoms with Gasteiger partial charge in [-0.25, -0.2) is 0 Å². The molecule has 12 nitrogen and oxygen atoms in total. The van der Waals surface area contributed by atoms with Crippen LogP contribution in [0.25, 0.3) is 10.9 Å². The molecule has 3 rings (SSSR count). The van der Waals surface area contributed by atoms with Gasteiger partial charge in [0.15, 0.2) is 0 Å². The van der Waals surface area contributed by atoms with Gasteiger partial charge in [-0.2, -0.15) is 0 Å². The van der Waals surface area contributed by atoms with Crippen molar-refractivity contribution in [2.24, 2.45) is 5.73 Å². The molecule has 0 aliphatic heterocycles. The number of phenolic OH excluding ortho intramolecular Hbond substituents is 1. The Kier molecular flexibility index (Phi) is 9.19. The number of nitrogens with two attached hydrogens (primary N) is 1. The maximum atomic E-state index is 13.4. The van der Waals surface area contributed by atoms with Crippen LogP contribution in [0.4, 0.5) is 0 Å².